The Bertz CT molecular complexity index is 591. The lowest BCUT2D eigenvalue weighted by Crippen LogP contribution is -2.43. The molecule has 0 amide bonds. The van der Waals surface area contributed by atoms with Crippen molar-refractivity contribution in [1.82, 2.24) is 5.32 Å². The smallest absolute Gasteiger partial charge is 0.119 e. The van der Waals surface area contributed by atoms with Gasteiger partial charge in [0.05, 0.1) is 6.61 Å². The molecule has 0 unspecified atom stereocenters. The van der Waals surface area contributed by atoms with Crippen LogP contribution in [0.1, 0.15) is 19.8 Å². The van der Waals surface area contributed by atoms with Crippen LogP contribution in [-0.4, -0.2) is 32.8 Å². The van der Waals surface area contributed by atoms with Crippen LogP contribution in [0.2, 0.25) is 0 Å². The number of nitrogens with one attached hydrogen (secondary N) is 1. The number of hydrogen-bond acceptors (Lipinski definition) is 3. The third kappa shape index (κ3) is 3.48. The summed E-state index contributed by atoms with van der Waals surface area (Å²) in [5, 5.41) is 5.93. The van der Waals surface area contributed by atoms with Crippen LogP contribution in [0.4, 0.5) is 5.69 Å². The molecule has 112 valence electrons. The zero-order valence-electron chi connectivity index (χ0n) is 12.8. The van der Waals surface area contributed by atoms with E-state index in [9.17, 15) is 0 Å². The van der Waals surface area contributed by atoms with Gasteiger partial charge in [-0.25, -0.2) is 0 Å². The summed E-state index contributed by atoms with van der Waals surface area (Å²) in [5.74, 6) is 0.978. The summed E-state index contributed by atoms with van der Waals surface area (Å²) < 4.78 is 5.78. The molecule has 0 aromatic heterocycles. The molecule has 1 saturated heterocycles. The van der Waals surface area contributed by atoms with Crippen molar-refractivity contribution in [2.24, 2.45) is 0 Å². The van der Waals surface area contributed by atoms with Gasteiger partial charge >= 0.3 is 0 Å². The molecule has 2 aromatic rings. The van der Waals surface area contributed by atoms with E-state index in [1.807, 2.05) is 0 Å². The molecule has 1 heterocycles. The standard InChI is InChI=1S/C18H24N2O/c1-2-3-12-21-18-7-5-15-13-17(6-4-16(15)14-18)20-10-8-19-9-11-20/h4-7,13-14,19H,2-3,8-12H2,1H3. The number of unbranched alkanes of at least 4 members (excludes halogenated alkanes) is 1. The van der Waals surface area contributed by atoms with Gasteiger partial charge in [-0.3, -0.25) is 0 Å². The van der Waals surface area contributed by atoms with Crippen molar-refractivity contribution in [2.75, 3.05) is 37.7 Å². The topological polar surface area (TPSA) is 24.5 Å². The van der Waals surface area contributed by atoms with Crippen molar-refractivity contribution < 1.29 is 4.74 Å². The average Bonchev–Trinajstić information content (AvgIpc) is 2.55. The average molecular weight is 284 g/mol. The molecule has 0 saturated carbocycles. The highest BCUT2D eigenvalue weighted by atomic mass is 16.5. The SMILES string of the molecule is CCCCOc1ccc2cc(N3CCNCC3)ccc2c1. The molecule has 1 fully saturated rings. The van der Waals surface area contributed by atoms with Crippen molar-refractivity contribution in [3.8, 4) is 5.75 Å². The minimum Gasteiger partial charge on any atom is -0.494 e. The molecule has 1 N–H and O–H groups in total. The second kappa shape index (κ2) is 6.81. The summed E-state index contributed by atoms with van der Waals surface area (Å²) in [6.45, 7) is 7.31. The molecule has 3 rings (SSSR count). The minimum absolute atomic E-state index is 0.806. The Kier molecular flexibility index (Phi) is 4.61. The summed E-state index contributed by atoms with van der Waals surface area (Å²) in [6.07, 6.45) is 2.28. The van der Waals surface area contributed by atoms with Crippen LogP contribution in [0.3, 0.4) is 0 Å². The Labute approximate surface area is 126 Å². The van der Waals surface area contributed by atoms with E-state index in [1.54, 1.807) is 0 Å². The van der Waals surface area contributed by atoms with Crippen molar-refractivity contribution in [3.05, 3.63) is 36.4 Å². The Morgan fingerprint density at radius 2 is 1.81 bits per heavy atom. The molecule has 2 aromatic carbocycles. The minimum atomic E-state index is 0.806. The largest absolute Gasteiger partial charge is 0.494 e. The van der Waals surface area contributed by atoms with Crippen molar-refractivity contribution in [2.45, 2.75) is 19.8 Å². The molecule has 3 nitrogen and oxygen atoms in total. The highest BCUT2D eigenvalue weighted by Crippen LogP contribution is 2.26. The lowest BCUT2D eigenvalue weighted by molar-refractivity contribution is 0.310. The predicted octanol–water partition coefficient (Wildman–Crippen LogP) is 3.43. The van der Waals surface area contributed by atoms with Gasteiger partial charge in [0.15, 0.2) is 0 Å². The fourth-order valence-corrected chi connectivity index (χ4v) is 2.76. The third-order valence-electron chi connectivity index (χ3n) is 4.04. The first-order chi connectivity index (χ1) is 10.4. The number of rotatable bonds is 5. The van der Waals surface area contributed by atoms with Crippen LogP contribution < -0.4 is 15.0 Å². The van der Waals surface area contributed by atoms with Gasteiger partial charge in [0, 0.05) is 31.9 Å². The first-order valence-electron chi connectivity index (χ1n) is 7.99. The highest BCUT2D eigenvalue weighted by molar-refractivity contribution is 5.87. The fraction of sp³-hybridized carbons (Fsp3) is 0.444. The molecule has 0 aliphatic carbocycles. The molecule has 0 atom stereocenters. The molecule has 0 spiro atoms. The maximum absolute atomic E-state index is 5.78. The van der Waals surface area contributed by atoms with Crippen LogP contribution in [0.5, 0.6) is 5.75 Å². The molecule has 1 aliphatic rings. The van der Waals surface area contributed by atoms with Gasteiger partial charge in [0.25, 0.3) is 0 Å². The maximum atomic E-state index is 5.78. The van der Waals surface area contributed by atoms with Crippen LogP contribution >= 0.6 is 0 Å². The molecular formula is C18H24N2O. The van der Waals surface area contributed by atoms with Crippen LogP contribution in [-0.2, 0) is 0 Å². The van der Waals surface area contributed by atoms with Gasteiger partial charge in [-0.15, -0.1) is 0 Å². The van der Waals surface area contributed by atoms with E-state index in [2.05, 4.69) is 53.5 Å². The second-order valence-electron chi connectivity index (χ2n) is 5.63. The van der Waals surface area contributed by atoms with E-state index in [0.29, 0.717) is 0 Å². The fourth-order valence-electron chi connectivity index (χ4n) is 2.76. The van der Waals surface area contributed by atoms with Gasteiger partial charge in [-0.2, -0.15) is 0 Å². The Hall–Kier alpha value is -1.74. The molecule has 0 radical (unpaired) electrons. The van der Waals surface area contributed by atoms with E-state index < -0.39 is 0 Å². The van der Waals surface area contributed by atoms with Crippen molar-refractivity contribution >= 4 is 16.5 Å². The third-order valence-corrected chi connectivity index (χ3v) is 4.04. The number of piperazine rings is 1. The van der Waals surface area contributed by atoms with Gasteiger partial charge in [0.2, 0.25) is 0 Å². The van der Waals surface area contributed by atoms with Crippen LogP contribution in [0, 0.1) is 0 Å². The maximum Gasteiger partial charge on any atom is 0.119 e. The number of hydrogen-bond donors (Lipinski definition) is 1. The first-order valence-corrected chi connectivity index (χ1v) is 7.99. The van der Waals surface area contributed by atoms with Gasteiger partial charge < -0.3 is 15.0 Å². The van der Waals surface area contributed by atoms with Gasteiger partial charge in [-0.05, 0) is 41.5 Å². The monoisotopic (exact) mass is 284 g/mol. The predicted molar refractivity (Wildman–Crippen MR) is 89.4 cm³/mol. The number of nitrogens with zero attached hydrogens (tertiary/aromatic N) is 1. The zero-order chi connectivity index (χ0) is 14.5. The van der Waals surface area contributed by atoms with Crippen molar-refractivity contribution in [3.63, 3.8) is 0 Å². The molecule has 1 aliphatic heterocycles. The van der Waals surface area contributed by atoms with Crippen LogP contribution in [0.15, 0.2) is 36.4 Å². The van der Waals surface area contributed by atoms with Gasteiger partial charge in [-0.1, -0.05) is 25.5 Å². The summed E-state index contributed by atoms with van der Waals surface area (Å²) in [7, 11) is 0. The zero-order valence-corrected chi connectivity index (χ0v) is 12.8. The van der Waals surface area contributed by atoms with E-state index in [-0.39, 0.29) is 0 Å². The van der Waals surface area contributed by atoms with E-state index in [4.69, 9.17) is 4.74 Å². The number of anilines is 1. The Morgan fingerprint density at radius 1 is 1.05 bits per heavy atom. The number of benzene rings is 2. The Balaban J connectivity index is 1.77. The molecule has 3 heteroatoms. The number of fused-ring (bicyclic) bond motifs is 1. The summed E-state index contributed by atoms with van der Waals surface area (Å²) in [5.41, 5.74) is 1.32. The highest BCUT2D eigenvalue weighted by Gasteiger charge is 2.10. The van der Waals surface area contributed by atoms with Crippen molar-refractivity contribution in [1.29, 1.82) is 0 Å². The molecular weight excluding hydrogens is 260 g/mol. The quantitative estimate of drug-likeness (QED) is 0.851. The second-order valence-corrected chi connectivity index (χ2v) is 5.63. The molecule has 21 heavy (non-hydrogen) atoms. The summed E-state index contributed by atoms with van der Waals surface area (Å²) in [6, 6.07) is 13.1. The summed E-state index contributed by atoms with van der Waals surface area (Å²) >= 11 is 0. The first kappa shape index (κ1) is 14.2. The number of ether oxygens (including phenoxy) is 1. The van der Waals surface area contributed by atoms with E-state index >= 15 is 0 Å². The normalized spacial score (nSPS) is 15.4. The lowest BCUT2D eigenvalue weighted by atomic mass is 10.1. The summed E-state index contributed by atoms with van der Waals surface area (Å²) in [4.78, 5) is 2.45. The van der Waals surface area contributed by atoms with E-state index in [0.717, 1.165) is 45.0 Å². The van der Waals surface area contributed by atoms with E-state index in [1.165, 1.54) is 22.9 Å². The van der Waals surface area contributed by atoms with Gasteiger partial charge in [0.1, 0.15) is 5.75 Å². The lowest BCUT2D eigenvalue weighted by Gasteiger charge is -2.29. The van der Waals surface area contributed by atoms with Crippen LogP contribution in [0.25, 0.3) is 10.8 Å². The Morgan fingerprint density at radius 3 is 2.62 bits per heavy atom. The molecule has 0 bridgehead atoms.